The summed E-state index contributed by atoms with van der Waals surface area (Å²) in [6.45, 7) is 0.440. The Bertz CT molecular complexity index is 614. The summed E-state index contributed by atoms with van der Waals surface area (Å²) >= 11 is 5.75. The normalized spacial score (nSPS) is 10.3. The summed E-state index contributed by atoms with van der Waals surface area (Å²) in [4.78, 5) is 11.9. The van der Waals surface area contributed by atoms with Gasteiger partial charge in [0.2, 0.25) is 0 Å². The molecule has 0 saturated carbocycles. The van der Waals surface area contributed by atoms with Gasteiger partial charge in [0.25, 0.3) is 5.91 Å². The molecule has 0 aromatic heterocycles. The summed E-state index contributed by atoms with van der Waals surface area (Å²) in [5.41, 5.74) is 7.49. The molecule has 2 aromatic carbocycles. The molecule has 0 unspecified atom stereocenters. The maximum atomic E-state index is 13.2. The minimum atomic E-state index is -0.599. The van der Waals surface area contributed by atoms with E-state index in [0.717, 1.165) is 5.56 Å². The van der Waals surface area contributed by atoms with Crippen molar-refractivity contribution < 1.29 is 9.18 Å². The topological polar surface area (TPSA) is 55.1 Å². The molecule has 0 aliphatic carbocycles. The Hall–Kier alpha value is -2.07. The van der Waals surface area contributed by atoms with E-state index in [1.165, 1.54) is 18.2 Å². The number of halogens is 2. The van der Waals surface area contributed by atoms with Crippen LogP contribution in [0.5, 0.6) is 0 Å². The fourth-order valence-corrected chi connectivity index (χ4v) is 1.99. The van der Waals surface area contributed by atoms with Crippen LogP contribution in [0.3, 0.4) is 0 Å². The fraction of sp³-hybridized carbons (Fsp3) is 0.133. The molecular weight excluding hydrogens is 279 g/mol. The number of carbonyl (C=O) groups excluding carboxylic acids is 1. The van der Waals surface area contributed by atoms with Gasteiger partial charge in [0.1, 0.15) is 5.82 Å². The first-order chi connectivity index (χ1) is 9.58. The van der Waals surface area contributed by atoms with Gasteiger partial charge in [-0.3, -0.25) is 4.79 Å². The number of hydrogen-bond acceptors (Lipinski definition) is 2. The van der Waals surface area contributed by atoms with E-state index in [1.54, 1.807) is 12.1 Å². The lowest BCUT2D eigenvalue weighted by Crippen LogP contribution is -2.26. The lowest BCUT2D eigenvalue weighted by atomic mass is 10.1. The van der Waals surface area contributed by atoms with E-state index in [-0.39, 0.29) is 16.5 Å². The first-order valence-electron chi connectivity index (χ1n) is 6.14. The summed E-state index contributed by atoms with van der Waals surface area (Å²) in [6.07, 6.45) is 0.666. The van der Waals surface area contributed by atoms with Gasteiger partial charge in [0, 0.05) is 12.2 Å². The van der Waals surface area contributed by atoms with Crippen molar-refractivity contribution >= 4 is 23.2 Å². The Morgan fingerprint density at radius 2 is 1.90 bits per heavy atom. The molecule has 0 atom stereocenters. The summed E-state index contributed by atoms with van der Waals surface area (Å²) in [6, 6.07) is 11.6. The minimum absolute atomic E-state index is 0.143. The van der Waals surface area contributed by atoms with Crippen molar-refractivity contribution in [2.75, 3.05) is 12.3 Å². The number of carbonyl (C=O) groups is 1. The van der Waals surface area contributed by atoms with Gasteiger partial charge in [0.05, 0.1) is 10.6 Å². The van der Waals surface area contributed by atoms with E-state index in [1.807, 2.05) is 12.1 Å². The molecule has 20 heavy (non-hydrogen) atoms. The third kappa shape index (κ3) is 3.48. The van der Waals surface area contributed by atoms with Crippen LogP contribution in [-0.2, 0) is 6.42 Å². The number of amides is 1. The van der Waals surface area contributed by atoms with Gasteiger partial charge in [-0.1, -0.05) is 29.8 Å². The van der Waals surface area contributed by atoms with Gasteiger partial charge < -0.3 is 11.1 Å². The van der Waals surface area contributed by atoms with Crippen LogP contribution in [-0.4, -0.2) is 12.5 Å². The first kappa shape index (κ1) is 14.3. The molecular formula is C15H14ClFN2O. The monoisotopic (exact) mass is 292 g/mol. The SMILES string of the molecule is Nc1ccc(CCNC(=O)c2cccc(F)c2Cl)cc1. The molecule has 0 aliphatic heterocycles. The molecule has 0 aliphatic rings. The van der Waals surface area contributed by atoms with E-state index in [4.69, 9.17) is 17.3 Å². The van der Waals surface area contributed by atoms with Crippen LogP contribution in [0.2, 0.25) is 5.02 Å². The van der Waals surface area contributed by atoms with Crippen molar-refractivity contribution in [1.82, 2.24) is 5.32 Å². The van der Waals surface area contributed by atoms with Crippen LogP contribution in [0.1, 0.15) is 15.9 Å². The summed E-state index contributed by atoms with van der Waals surface area (Å²) < 4.78 is 13.2. The first-order valence-corrected chi connectivity index (χ1v) is 6.52. The fourth-order valence-electron chi connectivity index (χ4n) is 1.78. The van der Waals surface area contributed by atoms with Crippen LogP contribution < -0.4 is 11.1 Å². The van der Waals surface area contributed by atoms with Crippen molar-refractivity contribution in [2.45, 2.75) is 6.42 Å². The Kier molecular flexibility index (Phi) is 4.58. The number of hydrogen-bond donors (Lipinski definition) is 2. The maximum Gasteiger partial charge on any atom is 0.252 e. The molecule has 0 radical (unpaired) electrons. The highest BCUT2D eigenvalue weighted by atomic mass is 35.5. The smallest absolute Gasteiger partial charge is 0.252 e. The number of benzene rings is 2. The summed E-state index contributed by atoms with van der Waals surface area (Å²) in [7, 11) is 0. The zero-order valence-electron chi connectivity index (χ0n) is 10.7. The lowest BCUT2D eigenvalue weighted by molar-refractivity contribution is 0.0954. The molecule has 104 valence electrons. The number of nitrogens with one attached hydrogen (secondary N) is 1. The Morgan fingerprint density at radius 1 is 1.20 bits per heavy atom. The van der Waals surface area contributed by atoms with Gasteiger partial charge in [-0.15, -0.1) is 0 Å². The molecule has 0 heterocycles. The number of anilines is 1. The van der Waals surface area contributed by atoms with Crippen LogP contribution >= 0.6 is 11.6 Å². The van der Waals surface area contributed by atoms with Crippen LogP contribution in [0, 0.1) is 5.82 Å². The molecule has 0 bridgehead atoms. The molecule has 2 aromatic rings. The van der Waals surface area contributed by atoms with E-state index in [2.05, 4.69) is 5.32 Å². The van der Waals surface area contributed by atoms with E-state index < -0.39 is 5.82 Å². The second kappa shape index (κ2) is 6.39. The van der Waals surface area contributed by atoms with Crippen molar-refractivity contribution in [2.24, 2.45) is 0 Å². The molecule has 0 fully saturated rings. The Labute approximate surface area is 121 Å². The molecule has 5 heteroatoms. The van der Waals surface area contributed by atoms with Gasteiger partial charge in [-0.05, 0) is 36.2 Å². The maximum absolute atomic E-state index is 13.2. The van der Waals surface area contributed by atoms with Crippen LogP contribution in [0.4, 0.5) is 10.1 Å². The predicted octanol–water partition coefficient (Wildman–Crippen LogP) is 3.03. The highest BCUT2D eigenvalue weighted by Crippen LogP contribution is 2.19. The molecule has 0 saturated heterocycles. The van der Waals surface area contributed by atoms with E-state index in [0.29, 0.717) is 18.7 Å². The van der Waals surface area contributed by atoms with Crippen molar-refractivity contribution in [3.63, 3.8) is 0 Å². The molecule has 0 spiro atoms. The quantitative estimate of drug-likeness (QED) is 0.851. The zero-order valence-corrected chi connectivity index (χ0v) is 11.5. The highest BCUT2D eigenvalue weighted by Gasteiger charge is 2.12. The van der Waals surface area contributed by atoms with Crippen molar-refractivity contribution in [3.8, 4) is 0 Å². The van der Waals surface area contributed by atoms with Gasteiger partial charge in [-0.25, -0.2) is 4.39 Å². The Balaban J connectivity index is 1.92. The van der Waals surface area contributed by atoms with Crippen LogP contribution in [0.25, 0.3) is 0 Å². The average Bonchev–Trinajstić information content (AvgIpc) is 2.44. The number of nitrogens with two attached hydrogens (primary N) is 1. The highest BCUT2D eigenvalue weighted by molar-refractivity contribution is 6.34. The van der Waals surface area contributed by atoms with E-state index in [9.17, 15) is 9.18 Å². The van der Waals surface area contributed by atoms with Gasteiger partial charge in [-0.2, -0.15) is 0 Å². The van der Waals surface area contributed by atoms with E-state index >= 15 is 0 Å². The largest absolute Gasteiger partial charge is 0.399 e. The van der Waals surface area contributed by atoms with Gasteiger partial charge >= 0.3 is 0 Å². The number of nitrogen functional groups attached to an aromatic ring is 1. The van der Waals surface area contributed by atoms with Crippen LogP contribution in [0.15, 0.2) is 42.5 Å². The van der Waals surface area contributed by atoms with Gasteiger partial charge in [0.15, 0.2) is 0 Å². The average molecular weight is 293 g/mol. The second-order valence-electron chi connectivity index (χ2n) is 4.35. The summed E-state index contributed by atoms with van der Waals surface area (Å²) in [5, 5.41) is 2.55. The van der Waals surface area contributed by atoms with Crippen molar-refractivity contribution in [1.29, 1.82) is 0 Å². The zero-order chi connectivity index (χ0) is 14.5. The molecule has 3 N–H and O–H groups in total. The second-order valence-corrected chi connectivity index (χ2v) is 4.73. The lowest BCUT2D eigenvalue weighted by Gasteiger charge is -2.07. The molecule has 1 amide bonds. The predicted molar refractivity (Wildman–Crippen MR) is 78.3 cm³/mol. The van der Waals surface area contributed by atoms with Crippen molar-refractivity contribution in [3.05, 3.63) is 64.4 Å². The molecule has 2 rings (SSSR count). The standard InChI is InChI=1S/C15H14ClFN2O/c16-14-12(2-1-3-13(14)17)15(20)19-9-8-10-4-6-11(18)7-5-10/h1-7H,8-9,18H2,(H,19,20). The third-order valence-electron chi connectivity index (χ3n) is 2.88. The summed E-state index contributed by atoms with van der Waals surface area (Å²) in [5.74, 6) is -0.984. The Morgan fingerprint density at radius 3 is 2.60 bits per heavy atom. The minimum Gasteiger partial charge on any atom is -0.399 e. The third-order valence-corrected chi connectivity index (χ3v) is 3.26. The molecule has 3 nitrogen and oxygen atoms in total. The number of rotatable bonds is 4.